The van der Waals surface area contributed by atoms with Crippen molar-refractivity contribution in [1.29, 1.82) is 5.41 Å². The fourth-order valence-corrected chi connectivity index (χ4v) is 1.71. The third-order valence-corrected chi connectivity index (χ3v) is 2.73. The summed E-state index contributed by atoms with van der Waals surface area (Å²) < 4.78 is 5.75. The van der Waals surface area contributed by atoms with Crippen molar-refractivity contribution < 1.29 is 4.74 Å². The number of hydrogen-bond acceptors (Lipinski definition) is 2. The van der Waals surface area contributed by atoms with Crippen LogP contribution in [0, 0.1) is 12.3 Å². The second-order valence-electron chi connectivity index (χ2n) is 4.17. The smallest absolute Gasteiger partial charge is 0.122 e. The van der Waals surface area contributed by atoms with Gasteiger partial charge in [0.1, 0.15) is 18.2 Å². The molecule has 0 aromatic heterocycles. The van der Waals surface area contributed by atoms with Crippen LogP contribution in [0.1, 0.15) is 16.7 Å². The van der Waals surface area contributed by atoms with Gasteiger partial charge in [-0.2, -0.15) is 0 Å². The largest absolute Gasteiger partial charge is 0.489 e. The van der Waals surface area contributed by atoms with E-state index in [-0.39, 0.29) is 18.2 Å². The van der Waals surface area contributed by atoms with E-state index in [9.17, 15) is 0 Å². The summed E-state index contributed by atoms with van der Waals surface area (Å²) in [6, 6.07) is 15.4. The van der Waals surface area contributed by atoms with Crippen molar-refractivity contribution >= 4 is 18.2 Å². The minimum Gasteiger partial charge on any atom is -0.489 e. The zero-order chi connectivity index (χ0) is 13.0. The van der Waals surface area contributed by atoms with Crippen LogP contribution in [-0.4, -0.2) is 5.84 Å². The van der Waals surface area contributed by atoms with Crippen LogP contribution < -0.4 is 10.5 Å². The zero-order valence-electron chi connectivity index (χ0n) is 10.7. The maximum absolute atomic E-state index is 7.40. The molecule has 2 rings (SSSR count). The van der Waals surface area contributed by atoms with Gasteiger partial charge in [0.2, 0.25) is 0 Å². The highest BCUT2D eigenvalue weighted by molar-refractivity contribution is 5.95. The second-order valence-corrected chi connectivity index (χ2v) is 4.17. The van der Waals surface area contributed by atoms with Crippen molar-refractivity contribution in [3.05, 3.63) is 65.2 Å². The Labute approximate surface area is 119 Å². The van der Waals surface area contributed by atoms with Crippen LogP contribution in [0.3, 0.4) is 0 Å². The van der Waals surface area contributed by atoms with E-state index in [0.717, 1.165) is 22.4 Å². The molecular formula is C15H17ClN2O. The molecule has 0 atom stereocenters. The van der Waals surface area contributed by atoms with Gasteiger partial charge in [0.05, 0.1) is 0 Å². The van der Waals surface area contributed by atoms with Gasteiger partial charge in [-0.1, -0.05) is 36.4 Å². The molecule has 4 heteroatoms. The minimum atomic E-state index is 0. The predicted molar refractivity (Wildman–Crippen MR) is 80.2 cm³/mol. The van der Waals surface area contributed by atoms with E-state index in [1.54, 1.807) is 0 Å². The van der Waals surface area contributed by atoms with Crippen LogP contribution in [0.25, 0.3) is 0 Å². The van der Waals surface area contributed by atoms with Crippen molar-refractivity contribution in [2.45, 2.75) is 13.5 Å². The van der Waals surface area contributed by atoms with Crippen LogP contribution in [0.4, 0.5) is 0 Å². The molecule has 0 aliphatic carbocycles. The lowest BCUT2D eigenvalue weighted by Gasteiger charge is -2.09. The molecule has 3 N–H and O–H groups in total. The molecular weight excluding hydrogens is 260 g/mol. The van der Waals surface area contributed by atoms with E-state index in [2.05, 4.69) is 0 Å². The Morgan fingerprint density at radius 1 is 1.16 bits per heavy atom. The predicted octanol–water partition coefficient (Wildman–Crippen LogP) is 3.28. The number of amidine groups is 1. The van der Waals surface area contributed by atoms with E-state index in [4.69, 9.17) is 15.9 Å². The van der Waals surface area contributed by atoms with Gasteiger partial charge in [0.15, 0.2) is 0 Å². The molecule has 100 valence electrons. The molecule has 0 bridgehead atoms. The number of rotatable bonds is 4. The number of aryl methyl sites for hydroxylation is 1. The maximum atomic E-state index is 7.40. The lowest BCUT2D eigenvalue weighted by molar-refractivity contribution is 0.304. The molecule has 0 aliphatic heterocycles. The first-order valence-corrected chi connectivity index (χ1v) is 5.78. The Balaban J connectivity index is 0.00000180. The van der Waals surface area contributed by atoms with Gasteiger partial charge in [-0.3, -0.25) is 5.41 Å². The van der Waals surface area contributed by atoms with Crippen LogP contribution in [0.2, 0.25) is 0 Å². The van der Waals surface area contributed by atoms with E-state index in [1.807, 2.05) is 55.5 Å². The number of nitrogens with one attached hydrogen (secondary N) is 1. The normalized spacial score (nSPS) is 9.53. The zero-order valence-corrected chi connectivity index (χ0v) is 11.5. The summed E-state index contributed by atoms with van der Waals surface area (Å²) in [7, 11) is 0. The molecule has 0 aliphatic rings. The van der Waals surface area contributed by atoms with Crippen molar-refractivity contribution in [2.75, 3.05) is 0 Å². The monoisotopic (exact) mass is 276 g/mol. The van der Waals surface area contributed by atoms with Crippen LogP contribution >= 0.6 is 12.4 Å². The SMILES string of the molecule is Cc1ccccc1OCc1cccc(C(=N)N)c1.Cl. The van der Waals surface area contributed by atoms with Crippen molar-refractivity contribution in [2.24, 2.45) is 5.73 Å². The molecule has 19 heavy (non-hydrogen) atoms. The van der Waals surface area contributed by atoms with Crippen molar-refractivity contribution in [1.82, 2.24) is 0 Å². The third kappa shape index (κ3) is 4.00. The summed E-state index contributed by atoms with van der Waals surface area (Å²) in [5.41, 5.74) is 8.30. The Morgan fingerprint density at radius 2 is 1.89 bits per heavy atom. The maximum Gasteiger partial charge on any atom is 0.122 e. The van der Waals surface area contributed by atoms with Crippen LogP contribution in [-0.2, 0) is 6.61 Å². The number of para-hydroxylation sites is 1. The average molecular weight is 277 g/mol. The van der Waals surface area contributed by atoms with Gasteiger partial charge in [-0.15, -0.1) is 12.4 Å². The first kappa shape index (κ1) is 15.1. The minimum absolute atomic E-state index is 0. The Hall–Kier alpha value is -2.00. The number of nitrogens with two attached hydrogens (primary N) is 1. The standard InChI is InChI=1S/C15H16N2O.ClH/c1-11-5-2-3-8-14(11)18-10-12-6-4-7-13(9-12)15(16)17;/h2-9H,10H2,1H3,(H3,16,17);1H. The van der Waals surface area contributed by atoms with Crippen LogP contribution in [0.15, 0.2) is 48.5 Å². The third-order valence-electron chi connectivity index (χ3n) is 2.73. The molecule has 2 aromatic carbocycles. The second kappa shape index (κ2) is 6.81. The van der Waals surface area contributed by atoms with Crippen LogP contribution in [0.5, 0.6) is 5.75 Å². The molecule has 0 saturated heterocycles. The highest BCUT2D eigenvalue weighted by Gasteiger charge is 2.01. The molecule has 3 nitrogen and oxygen atoms in total. The summed E-state index contributed by atoms with van der Waals surface area (Å²) in [4.78, 5) is 0. The highest BCUT2D eigenvalue weighted by Crippen LogP contribution is 2.18. The number of nitrogen functional groups attached to an aromatic ring is 1. The number of ether oxygens (including phenoxy) is 1. The molecule has 0 unspecified atom stereocenters. The topological polar surface area (TPSA) is 59.1 Å². The van der Waals surface area contributed by atoms with Gasteiger partial charge >= 0.3 is 0 Å². The lowest BCUT2D eigenvalue weighted by Crippen LogP contribution is -2.11. The number of hydrogen-bond donors (Lipinski definition) is 2. The lowest BCUT2D eigenvalue weighted by atomic mass is 10.1. The molecule has 0 spiro atoms. The summed E-state index contributed by atoms with van der Waals surface area (Å²) in [5, 5.41) is 7.40. The quantitative estimate of drug-likeness (QED) is 0.665. The fourth-order valence-electron chi connectivity index (χ4n) is 1.71. The van der Waals surface area contributed by atoms with Crippen molar-refractivity contribution in [3.8, 4) is 5.75 Å². The Bertz CT molecular complexity index is 570. The van der Waals surface area contributed by atoms with Crippen molar-refractivity contribution in [3.63, 3.8) is 0 Å². The van der Waals surface area contributed by atoms with E-state index < -0.39 is 0 Å². The molecule has 0 amide bonds. The summed E-state index contributed by atoms with van der Waals surface area (Å²) >= 11 is 0. The summed E-state index contributed by atoms with van der Waals surface area (Å²) in [6.07, 6.45) is 0. The molecule has 0 fully saturated rings. The number of halogens is 1. The number of benzene rings is 2. The van der Waals surface area contributed by atoms with Gasteiger partial charge < -0.3 is 10.5 Å². The van der Waals surface area contributed by atoms with E-state index >= 15 is 0 Å². The first-order valence-electron chi connectivity index (χ1n) is 5.78. The Kier molecular flexibility index (Phi) is 5.39. The van der Waals surface area contributed by atoms with E-state index in [1.165, 1.54) is 0 Å². The van der Waals surface area contributed by atoms with Gasteiger partial charge in [0, 0.05) is 5.56 Å². The summed E-state index contributed by atoms with van der Waals surface area (Å²) in [5.74, 6) is 0.957. The van der Waals surface area contributed by atoms with Gasteiger partial charge in [-0.25, -0.2) is 0 Å². The van der Waals surface area contributed by atoms with Gasteiger partial charge in [0.25, 0.3) is 0 Å². The molecule has 2 aromatic rings. The van der Waals surface area contributed by atoms with E-state index in [0.29, 0.717) is 6.61 Å². The average Bonchev–Trinajstić information content (AvgIpc) is 2.38. The Morgan fingerprint density at radius 3 is 2.58 bits per heavy atom. The molecule has 0 radical (unpaired) electrons. The summed E-state index contributed by atoms with van der Waals surface area (Å²) in [6.45, 7) is 2.49. The molecule has 0 heterocycles. The van der Waals surface area contributed by atoms with Gasteiger partial charge in [-0.05, 0) is 30.2 Å². The molecule has 0 saturated carbocycles. The highest BCUT2D eigenvalue weighted by atomic mass is 35.5. The first-order chi connectivity index (χ1) is 8.66. The fraction of sp³-hybridized carbons (Fsp3) is 0.133.